The van der Waals surface area contributed by atoms with Crippen LogP contribution in [0.4, 0.5) is 8.78 Å². The van der Waals surface area contributed by atoms with Crippen LogP contribution in [0.1, 0.15) is 90.5 Å². The van der Waals surface area contributed by atoms with E-state index in [1.165, 1.54) is 12.1 Å². The summed E-state index contributed by atoms with van der Waals surface area (Å²) < 4.78 is 28.1. The molecule has 0 aliphatic carbocycles. The topological polar surface area (TPSA) is 110 Å². The summed E-state index contributed by atoms with van der Waals surface area (Å²) in [5.74, 6) is -1.92. The summed E-state index contributed by atoms with van der Waals surface area (Å²) in [6, 6.07) is 7.13. The standard InChI is InChI=1S/C33H45F2N5O3/c1-6-9-40(10-7-2)33(43)25-12-21(4)11-24(16-25)32(42)39-28(15-23-13-26(34)17-27(35)14-23)30(41)19-37-31(22(5)8-3)29-18-36-20-38-29/h11-14,16-18,20,22,28,30-31,37,41H,6-10,15,19H2,1-5H3,(H,36,38)(H,39,42)/t22?,28-,30+,31?/m0/s1. The molecule has 2 unspecified atom stereocenters. The molecule has 0 aliphatic rings. The molecule has 1 aromatic heterocycles. The molecule has 0 aliphatic heterocycles. The van der Waals surface area contributed by atoms with Gasteiger partial charge in [-0.05, 0) is 73.6 Å². The molecule has 0 saturated heterocycles. The number of hydrogen-bond donors (Lipinski definition) is 4. The third-order valence-corrected chi connectivity index (χ3v) is 7.63. The Morgan fingerprint density at radius 1 is 1.00 bits per heavy atom. The quantitative estimate of drug-likeness (QED) is 0.178. The Bertz CT molecular complexity index is 1310. The van der Waals surface area contributed by atoms with Crippen molar-refractivity contribution < 1.29 is 23.5 Å². The fourth-order valence-electron chi connectivity index (χ4n) is 5.27. The highest BCUT2D eigenvalue weighted by Gasteiger charge is 2.27. The highest BCUT2D eigenvalue weighted by Crippen LogP contribution is 2.23. The lowest BCUT2D eigenvalue weighted by Gasteiger charge is -2.29. The predicted octanol–water partition coefficient (Wildman–Crippen LogP) is 5.34. The lowest BCUT2D eigenvalue weighted by atomic mass is 9.95. The number of nitrogens with zero attached hydrogens (tertiary/aromatic N) is 2. The van der Waals surface area contributed by atoms with Gasteiger partial charge >= 0.3 is 0 Å². The van der Waals surface area contributed by atoms with Gasteiger partial charge in [-0.2, -0.15) is 0 Å². The van der Waals surface area contributed by atoms with Gasteiger partial charge in [-0.1, -0.05) is 34.1 Å². The molecule has 8 nitrogen and oxygen atoms in total. The van der Waals surface area contributed by atoms with Crippen LogP contribution in [0.2, 0.25) is 0 Å². The lowest BCUT2D eigenvalue weighted by molar-refractivity contribution is 0.0755. The molecule has 4 atom stereocenters. The molecule has 2 aromatic carbocycles. The molecule has 43 heavy (non-hydrogen) atoms. The Morgan fingerprint density at radius 2 is 1.65 bits per heavy atom. The van der Waals surface area contributed by atoms with Crippen molar-refractivity contribution >= 4 is 11.8 Å². The number of carbonyl (C=O) groups excluding carboxylic acids is 2. The number of carbonyl (C=O) groups is 2. The molecule has 2 amide bonds. The summed E-state index contributed by atoms with van der Waals surface area (Å²) in [6.45, 7) is 11.3. The molecule has 0 saturated carbocycles. The first-order valence-electron chi connectivity index (χ1n) is 15.1. The van der Waals surface area contributed by atoms with E-state index < -0.39 is 29.7 Å². The fraction of sp³-hybridized carbons (Fsp3) is 0.485. The van der Waals surface area contributed by atoms with Gasteiger partial charge in [0.05, 0.1) is 30.2 Å². The van der Waals surface area contributed by atoms with Crippen molar-refractivity contribution in [1.82, 2.24) is 25.5 Å². The Labute approximate surface area is 253 Å². The summed E-state index contributed by atoms with van der Waals surface area (Å²) in [6.07, 6.45) is 4.70. The second-order valence-corrected chi connectivity index (χ2v) is 11.3. The van der Waals surface area contributed by atoms with Gasteiger partial charge in [0.25, 0.3) is 11.8 Å². The number of amides is 2. The maximum absolute atomic E-state index is 14.0. The van der Waals surface area contributed by atoms with Gasteiger partial charge in [-0.15, -0.1) is 0 Å². The molecule has 0 spiro atoms. The summed E-state index contributed by atoms with van der Waals surface area (Å²) in [5.41, 5.74) is 2.58. The summed E-state index contributed by atoms with van der Waals surface area (Å²) in [7, 11) is 0. The zero-order valence-corrected chi connectivity index (χ0v) is 25.8. The van der Waals surface area contributed by atoms with Gasteiger partial charge in [0, 0.05) is 43.0 Å². The first kappa shape index (κ1) is 33.9. The first-order valence-corrected chi connectivity index (χ1v) is 15.1. The summed E-state index contributed by atoms with van der Waals surface area (Å²) in [5, 5.41) is 17.6. The van der Waals surface area contributed by atoms with E-state index in [0.29, 0.717) is 24.2 Å². The molecule has 0 fully saturated rings. The minimum absolute atomic E-state index is 0.0142. The second-order valence-electron chi connectivity index (χ2n) is 11.3. The Hall–Kier alpha value is -3.63. The van der Waals surface area contributed by atoms with Gasteiger partial charge in [-0.3, -0.25) is 9.59 Å². The largest absolute Gasteiger partial charge is 0.390 e. The number of halogens is 2. The molecule has 234 valence electrons. The van der Waals surface area contributed by atoms with E-state index in [-0.39, 0.29) is 36.4 Å². The number of imidazole rings is 1. The minimum atomic E-state index is -1.11. The molecule has 1 heterocycles. The maximum Gasteiger partial charge on any atom is 0.253 e. The van der Waals surface area contributed by atoms with Crippen molar-refractivity contribution in [2.45, 2.75) is 78.5 Å². The number of rotatable bonds is 16. The van der Waals surface area contributed by atoms with Crippen LogP contribution in [0.5, 0.6) is 0 Å². The normalized spacial score (nSPS) is 14.1. The molecule has 10 heteroatoms. The van der Waals surface area contributed by atoms with E-state index in [4.69, 9.17) is 0 Å². The number of hydrogen-bond acceptors (Lipinski definition) is 5. The number of nitrogens with one attached hydrogen (secondary N) is 3. The van der Waals surface area contributed by atoms with E-state index in [9.17, 15) is 23.5 Å². The predicted molar refractivity (Wildman–Crippen MR) is 164 cm³/mol. The van der Waals surface area contributed by atoms with E-state index >= 15 is 0 Å². The van der Waals surface area contributed by atoms with Crippen molar-refractivity contribution in [3.8, 4) is 0 Å². The number of aliphatic hydroxyl groups is 1. The van der Waals surface area contributed by atoms with Crippen molar-refractivity contribution in [2.75, 3.05) is 19.6 Å². The molecule has 4 N–H and O–H groups in total. The van der Waals surface area contributed by atoms with Gasteiger partial charge < -0.3 is 25.6 Å². The highest BCUT2D eigenvalue weighted by molar-refractivity contribution is 6.00. The Kier molecular flexibility index (Phi) is 12.8. The van der Waals surface area contributed by atoms with E-state index in [0.717, 1.165) is 36.6 Å². The Morgan fingerprint density at radius 3 is 2.23 bits per heavy atom. The van der Waals surface area contributed by atoms with Crippen molar-refractivity contribution in [3.63, 3.8) is 0 Å². The maximum atomic E-state index is 14.0. The van der Waals surface area contributed by atoms with Crippen LogP contribution in [0.15, 0.2) is 48.9 Å². The van der Waals surface area contributed by atoms with Crippen molar-refractivity contribution in [1.29, 1.82) is 0 Å². The molecular weight excluding hydrogens is 552 g/mol. The van der Waals surface area contributed by atoms with Crippen LogP contribution < -0.4 is 10.6 Å². The highest BCUT2D eigenvalue weighted by atomic mass is 19.1. The van der Waals surface area contributed by atoms with Crippen LogP contribution in [-0.4, -0.2) is 63.6 Å². The van der Waals surface area contributed by atoms with Crippen molar-refractivity contribution in [3.05, 3.63) is 88.5 Å². The minimum Gasteiger partial charge on any atom is -0.390 e. The number of aromatic nitrogens is 2. The fourth-order valence-corrected chi connectivity index (χ4v) is 5.27. The summed E-state index contributed by atoms with van der Waals surface area (Å²) in [4.78, 5) is 35.9. The number of aliphatic hydroxyl groups excluding tert-OH is 1. The number of benzene rings is 2. The third kappa shape index (κ3) is 9.69. The smallest absolute Gasteiger partial charge is 0.253 e. The van der Waals surface area contributed by atoms with Gasteiger partial charge in [-0.25, -0.2) is 13.8 Å². The number of H-pyrrole nitrogens is 1. The second kappa shape index (κ2) is 16.3. The van der Waals surface area contributed by atoms with E-state index in [1.54, 1.807) is 35.6 Å². The number of aromatic amines is 1. The molecule has 0 bridgehead atoms. The molecular formula is C33H45F2N5O3. The third-order valence-electron chi connectivity index (χ3n) is 7.63. The average molecular weight is 598 g/mol. The molecule has 0 radical (unpaired) electrons. The van der Waals surface area contributed by atoms with Gasteiger partial charge in [0.2, 0.25) is 0 Å². The first-order chi connectivity index (χ1) is 20.6. The van der Waals surface area contributed by atoms with Crippen LogP contribution >= 0.6 is 0 Å². The molecule has 3 aromatic rings. The monoisotopic (exact) mass is 597 g/mol. The zero-order chi connectivity index (χ0) is 31.5. The van der Waals surface area contributed by atoms with Crippen LogP contribution in [0.3, 0.4) is 0 Å². The van der Waals surface area contributed by atoms with Gasteiger partial charge in [0.1, 0.15) is 11.6 Å². The lowest BCUT2D eigenvalue weighted by Crippen LogP contribution is -2.49. The van der Waals surface area contributed by atoms with E-state index in [1.807, 2.05) is 20.8 Å². The van der Waals surface area contributed by atoms with Gasteiger partial charge in [0.15, 0.2) is 0 Å². The van der Waals surface area contributed by atoms with Crippen LogP contribution in [0, 0.1) is 24.5 Å². The summed E-state index contributed by atoms with van der Waals surface area (Å²) >= 11 is 0. The number of aryl methyl sites for hydroxylation is 1. The SMILES string of the molecule is CCCN(CCC)C(=O)c1cc(C)cc(C(=O)N[C@@H](Cc2cc(F)cc(F)c2)[C@H](O)CNC(c2cnc[nH]2)C(C)CC)c1. The Balaban J connectivity index is 1.86. The van der Waals surface area contributed by atoms with E-state index in [2.05, 4.69) is 34.4 Å². The zero-order valence-electron chi connectivity index (χ0n) is 25.8. The molecule has 3 rings (SSSR count). The average Bonchev–Trinajstić information content (AvgIpc) is 3.50. The van der Waals surface area contributed by atoms with Crippen molar-refractivity contribution in [2.24, 2.45) is 5.92 Å². The van der Waals surface area contributed by atoms with Crippen LogP contribution in [-0.2, 0) is 6.42 Å². The van der Waals surface area contributed by atoms with Crippen LogP contribution in [0.25, 0.3) is 0 Å².